The average molecular weight is 242 g/mol. The Balaban J connectivity index is 2.44. The molecular formula is C11H9ClFNO2. The predicted molar refractivity (Wildman–Crippen MR) is 59.2 cm³/mol. The van der Waals surface area contributed by atoms with Gasteiger partial charge in [-0.3, -0.25) is 4.79 Å². The van der Waals surface area contributed by atoms with Gasteiger partial charge in [-0.1, -0.05) is 11.6 Å². The maximum absolute atomic E-state index is 13.1. The fraction of sp³-hybridized carbons (Fsp3) is 0.182. The molecule has 0 saturated heterocycles. The van der Waals surface area contributed by atoms with E-state index in [0.29, 0.717) is 10.5 Å². The Morgan fingerprint density at radius 2 is 2.25 bits per heavy atom. The first-order valence-corrected chi connectivity index (χ1v) is 5.11. The molecule has 0 fully saturated rings. The van der Waals surface area contributed by atoms with Gasteiger partial charge in [0.1, 0.15) is 5.82 Å². The van der Waals surface area contributed by atoms with Gasteiger partial charge in [0.25, 0.3) is 0 Å². The monoisotopic (exact) mass is 241 g/mol. The number of nitrogens with zero attached hydrogens (tertiary/aromatic N) is 1. The highest BCUT2D eigenvalue weighted by Gasteiger charge is 2.08. The molecule has 1 N–H and O–H groups in total. The number of carbonyl (C=O) groups is 1. The van der Waals surface area contributed by atoms with Crippen molar-refractivity contribution in [3.05, 3.63) is 35.2 Å². The molecule has 0 radical (unpaired) electrons. The molecule has 0 unspecified atom stereocenters. The summed E-state index contributed by atoms with van der Waals surface area (Å²) in [4.78, 5) is 10.5. The molecule has 0 atom stereocenters. The molecule has 16 heavy (non-hydrogen) atoms. The first kappa shape index (κ1) is 11.0. The van der Waals surface area contributed by atoms with Crippen LogP contribution in [0.1, 0.15) is 6.42 Å². The number of benzene rings is 1. The summed E-state index contributed by atoms with van der Waals surface area (Å²) < 4.78 is 14.7. The van der Waals surface area contributed by atoms with E-state index in [0.717, 1.165) is 5.39 Å². The topological polar surface area (TPSA) is 42.2 Å². The zero-order valence-corrected chi connectivity index (χ0v) is 9.04. The minimum Gasteiger partial charge on any atom is -0.481 e. The first-order chi connectivity index (χ1) is 7.58. The predicted octanol–water partition coefficient (Wildman–Crippen LogP) is 2.91. The highest BCUT2D eigenvalue weighted by atomic mass is 35.5. The van der Waals surface area contributed by atoms with E-state index < -0.39 is 5.97 Å². The number of halogens is 2. The summed E-state index contributed by atoms with van der Waals surface area (Å²) >= 11 is 5.95. The lowest BCUT2D eigenvalue weighted by molar-refractivity contribution is -0.137. The SMILES string of the molecule is O=C(O)CCn1cc(Cl)c2ccc(F)cc21. The molecule has 0 aliphatic carbocycles. The second-order valence-electron chi connectivity index (χ2n) is 3.48. The van der Waals surface area contributed by atoms with E-state index in [1.807, 2.05) is 0 Å². The summed E-state index contributed by atoms with van der Waals surface area (Å²) in [6.45, 7) is 0.280. The van der Waals surface area contributed by atoms with E-state index in [1.54, 1.807) is 16.8 Å². The zero-order chi connectivity index (χ0) is 11.7. The van der Waals surface area contributed by atoms with E-state index in [4.69, 9.17) is 16.7 Å². The van der Waals surface area contributed by atoms with Crippen molar-refractivity contribution < 1.29 is 14.3 Å². The Hall–Kier alpha value is -1.55. The quantitative estimate of drug-likeness (QED) is 0.898. The summed E-state index contributed by atoms with van der Waals surface area (Å²) in [5.74, 6) is -1.26. The van der Waals surface area contributed by atoms with Gasteiger partial charge in [-0.15, -0.1) is 0 Å². The Bertz CT molecular complexity index is 550. The lowest BCUT2D eigenvalue weighted by Crippen LogP contribution is -2.03. The molecule has 0 bridgehead atoms. The molecule has 0 aliphatic rings. The third kappa shape index (κ3) is 2.02. The van der Waals surface area contributed by atoms with Crippen LogP contribution in [0.15, 0.2) is 24.4 Å². The van der Waals surface area contributed by atoms with Crippen LogP contribution in [0, 0.1) is 5.82 Å². The van der Waals surface area contributed by atoms with Crippen LogP contribution in [0.25, 0.3) is 10.9 Å². The van der Waals surface area contributed by atoms with Crippen LogP contribution in [0.3, 0.4) is 0 Å². The number of hydrogen-bond donors (Lipinski definition) is 1. The lowest BCUT2D eigenvalue weighted by atomic mass is 10.2. The normalized spacial score (nSPS) is 10.9. The number of aliphatic carboxylic acids is 1. The smallest absolute Gasteiger partial charge is 0.305 e. The van der Waals surface area contributed by atoms with Crippen LogP contribution in [0.4, 0.5) is 4.39 Å². The fourth-order valence-electron chi connectivity index (χ4n) is 1.62. The van der Waals surface area contributed by atoms with Crippen LogP contribution in [0.2, 0.25) is 5.02 Å². The minimum atomic E-state index is -0.894. The highest BCUT2D eigenvalue weighted by molar-refractivity contribution is 6.35. The molecular weight excluding hydrogens is 233 g/mol. The van der Waals surface area contributed by atoms with E-state index in [9.17, 15) is 9.18 Å². The molecule has 0 aliphatic heterocycles. The first-order valence-electron chi connectivity index (χ1n) is 4.73. The van der Waals surface area contributed by atoms with Crippen LogP contribution in [-0.4, -0.2) is 15.6 Å². The maximum atomic E-state index is 13.1. The second-order valence-corrected chi connectivity index (χ2v) is 3.88. The molecule has 0 spiro atoms. The van der Waals surface area contributed by atoms with Crippen molar-refractivity contribution in [2.45, 2.75) is 13.0 Å². The average Bonchev–Trinajstić information content (AvgIpc) is 2.52. The number of aromatic nitrogens is 1. The highest BCUT2D eigenvalue weighted by Crippen LogP contribution is 2.26. The molecule has 2 rings (SSSR count). The van der Waals surface area contributed by atoms with Crippen LogP contribution >= 0.6 is 11.6 Å². The van der Waals surface area contributed by atoms with Gasteiger partial charge in [-0.25, -0.2) is 4.39 Å². The Morgan fingerprint density at radius 3 is 2.94 bits per heavy atom. The molecule has 0 saturated carbocycles. The third-order valence-corrected chi connectivity index (χ3v) is 2.66. The van der Waals surface area contributed by atoms with E-state index in [-0.39, 0.29) is 18.8 Å². The third-order valence-electron chi connectivity index (χ3n) is 2.36. The van der Waals surface area contributed by atoms with Gasteiger partial charge in [0.2, 0.25) is 0 Å². The largest absolute Gasteiger partial charge is 0.481 e. The molecule has 5 heteroatoms. The molecule has 0 amide bonds. The summed E-state index contributed by atoms with van der Waals surface area (Å²) in [6, 6.07) is 4.27. The van der Waals surface area contributed by atoms with Crippen molar-refractivity contribution in [1.29, 1.82) is 0 Å². The molecule has 3 nitrogen and oxygen atoms in total. The van der Waals surface area contributed by atoms with Crippen molar-refractivity contribution >= 4 is 28.5 Å². The van der Waals surface area contributed by atoms with Gasteiger partial charge < -0.3 is 9.67 Å². The van der Waals surface area contributed by atoms with Crippen LogP contribution < -0.4 is 0 Å². The zero-order valence-electron chi connectivity index (χ0n) is 8.28. The van der Waals surface area contributed by atoms with Gasteiger partial charge in [0.05, 0.1) is 17.0 Å². The lowest BCUT2D eigenvalue weighted by Gasteiger charge is -2.02. The van der Waals surface area contributed by atoms with Gasteiger partial charge in [-0.05, 0) is 18.2 Å². The molecule has 1 heterocycles. The Kier molecular flexibility index (Phi) is 2.83. The van der Waals surface area contributed by atoms with Crippen molar-refractivity contribution in [3.63, 3.8) is 0 Å². The second kappa shape index (κ2) is 4.14. The van der Waals surface area contributed by atoms with Crippen molar-refractivity contribution in [3.8, 4) is 0 Å². The maximum Gasteiger partial charge on any atom is 0.305 e. The van der Waals surface area contributed by atoms with Crippen molar-refractivity contribution in [2.75, 3.05) is 0 Å². The molecule has 2 aromatic rings. The Morgan fingerprint density at radius 1 is 1.50 bits per heavy atom. The number of carboxylic acid groups (broad SMARTS) is 1. The van der Waals surface area contributed by atoms with Crippen LogP contribution in [-0.2, 0) is 11.3 Å². The number of hydrogen-bond acceptors (Lipinski definition) is 1. The van der Waals surface area contributed by atoms with Crippen LogP contribution in [0.5, 0.6) is 0 Å². The molecule has 84 valence electrons. The van der Waals surface area contributed by atoms with E-state index in [2.05, 4.69) is 0 Å². The summed E-state index contributed by atoms with van der Waals surface area (Å²) in [5, 5.41) is 9.82. The summed E-state index contributed by atoms with van der Waals surface area (Å²) in [5.41, 5.74) is 0.617. The Labute approximate surface area is 96.1 Å². The number of aryl methyl sites for hydroxylation is 1. The number of rotatable bonds is 3. The van der Waals surface area contributed by atoms with E-state index >= 15 is 0 Å². The fourth-order valence-corrected chi connectivity index (χ4v) is 1.90. The summed E-state index contributed by atoms with van der Waals surface area (Å²) in [6.07, 6.45) is 1.60. The van der Waals surface area contributed by atoms with Gasteiger partial charge in [0, 0.05) is 18.1 Å². The minimum absolute atomic E-state index is 0.0172. The standard InChI is InChI=1S/C11H9ClFNO2/c12-9-6-14(4-3-11(15)16)10-5-7(13)1-2-8(9)10/h1-2,5-6H,3-4H2,(H,15,16). The van der Waals surface area contributed by atoms with E-state index in [1.165, 1.54) is 12.1 Å². The number of fused-ring (bicyclic) bond motifs is 1. The van der Waals surface area contributed by atoms with Gasteiger partial charge in [0.15, 0.2) is 0 Å². The van der Waals surface area contributed by atoms with Gasteiger partial charge in [-0.2, -0.15) is 0 Å². The molecule has 1 aromatic heterocycles. The van der Waals surface area contributed by atoms with Crippen molar-refractivity contribution in [1.82, 2.24) is 4.57 Å². The molecule has 1 aromatic carbocycles. The number of carboxylic acids is 1. The van der Waals surface area contributed by atoms with Crippen molar-refractivity contribution in [2.24, 2.45) is 0 Å². The summed E-state index contributed by atoms with van der Waals surface area (Å²) in [7, 11) is 0. The van der Waals surface area contributed by atoms with Gasteiger partial charge >= 0.3 is 5.97 Å².